The van der Waals surface area contributed by atoms with Gasteiger partial charge in [0.15, 0.2) is 0 Å². The van der Waals surface area contributed by atoms with Gasteiger partial charge in [-0.15, -0.1) is 0 Å². The molecule has 0 aliphatic carbocycles. The molecule has 2 rings (SSSR count). The minimum atomic E-state index is 0.778. The van der Waals surface area contributed by atoms with E-state index in [1.165, 1.54) is 0 Å². The summed E-state index contributed by atoms with van der Waals surface area (Å²) in [5.74, 6) is 0. The smallest absolute Gasteiger partial charge is 0.0925 e. The van der Waals surface area contributed by atoms with Crippen LogP contribution in [-0.2, 0) is 13.1 Å². The van der Waals surface area contributed by atoms with Gasteiger partial charge in [0.25, 0.3) is 0 Å². The standard InChI is InChI=1S/C9H13N5/c1-7-9(12-6-11-7)5-10-2-8-3-13-14-4-8/h3-4,6,10H,2,5H2,1H3,(H,11,12)(H,13,14). The van der Waals surface area contributed by atoms with Crippen molar-refractivity contribution in [2.45, 2.75) is 20.0 Å². The number of nitrogens with zero attached hydrogens (tertiary/aromatic N) is 2. The third-order valence-electron chi connectivity index (χ3n) is 2.11. The van der Waals surface area contributed by atoms with Crippen LogP contribution in [0.2, 0.25) is 0 Å². The summed E-state index contributed by atoms with van der Waals surface area (Å²) < 4.78 is 0. The van der Waals surface area contributed by atoms with E-state index in [0.29, 0.717) is 0 Å². The first-order valence-corrected chi connectivity index (χ1v) is 4.53. The number of aromatic amines is 2. The first-order valence-electron chi connectivity index (χ1n) is 4.53. The molecular formula is C9H13N5. The quantitative estimate of drug-likeness (QED) is 0.667. The fourth-order valence-corrected chi connectivity index (χ4v) is 1.26. The first kappa shape index (κ1) is 8.96. The van der Waals surface area contributed by atoms with E-state index in [4.69, 9.17) is 0 Å². The topological polar surface area (TPSA) is 69.4 Å². The van der Waals surface area contributed by atoms with Crippen LogP contribution in [0.5, 0.6) is 0 Å². The molecule has 74 valence electrons. The van der Waals surface area contributed by atoms with Gasteiger partial charge in [0, 0.05) is 30.5 Å². The number of rotatable bonds is 4. The van der Waals surface area contributed by atoms with Crippen LogP contribution in [0.15, 0.2) is 18.7 Å². The van der Waals surface area contributed by atoms with Crippen LogP contribution >= 0.6 is 0 Å². The van der Waals surface area contributed by atoms with Crippen molar-refractivity contribution in [1.82, 2.24) is 25.5 Å². The molecule has 3 N–H and O–H groups in total. The Hall–Kier alpha value is -1.62. The Bertz CT molecular complexity index is 376. The van der Waals surface area contributed by atoms with E-state index in [2.05, 4.69) is 25.5 Å². The molecule has 0 atom stereocenters. The lowest BCUT2D eigenvalue weighted by molar-refractivity contribution is 0.679. The van der Waals surface area contributed by atoms with Crippen LogP contribution in [0.3, 0.4) is 0 Å². The molecule has 0 radical (unpaired) electrons. The van der Waals surface area contributed by atoms with Gasteiger partial charge in [0.1, 0.15) is 0 Å². The lowest BCUT2D eigenvalue weighted by atomic mass is 10.3. The predicted octanol–water partition coefficient (Wildman–Crippen LogP) is 0.731. The molecule has 0 aliphatic heterocycles. The number of hydrogen-bond acceptors (Lipinski definition) is 3. The van der Waals surface area contributed by atoms with E-state index >= 15 is 0 Å². The maximum absolute atomic E-state index is 4.19. The van der Waals surface area contributed by atoms with E-state index in [1.807, 2.05) is 19.3 Å². The van der Waals surface area contributed by atoms with Crippen LogP contribution < -0.4 is 5.32 Å². The number of nitrogens with one attached hydrogen (secondary N) is 3. The summed E-state index contributed by atoms with van der Waals surface area (Å²) in [4.78, 5) is 7.24. The average molecular weight is 191 g/mol. The highest BCUT2D eigenvalue weighted by atomic mass is 15.1. The fraction of sp³-hybridized carbons (Fsp3) is 0.333. The molecule has 5 heteroatoms. The molecule has 14 heavy (non-hydrogen) atoms. The molecule has 2 aromatic heterocycles. The zero-order valence-corrected chi connectivity index (χ0v) is 8.04. The average Bonchev–Trinajstić information content (AvgIpc) is 2.78. The largest absolute Gasteiger partial charge is 0.348 e. The Morgan fingerprint density at radius 1 is 1.43 bits per heavy atom. The van der Waals surface area contributed by atoms with Gasteiger partial charge in [-0.2, -0.15) is 5.10 Å². The molecule has 5 nitrogen and oxygen atoms in total. The summed E-state index contributed by atoms with van der Waals surface area (Å²) in [6.45, 7) is 3.60. The third kappa shape index (κ3) is 2.00. The van der Waals surface area contributed by atoms with E-state index in [-0.39, 0.29) is 0 Å². The van der Waals surface area contributed by atoms with Gasteiger partial charge in [-0.3, -0.25) is 5.10 Å². The highest BCUT2D eigenvalue weighted by Gasteiger charge is 1.99. The van der Waals surface area contributed by atoms with Gasteiger partial charge in [0.05, 0.1) is 18.2 Å². The van der Waals surface area contributed by atoms with E-state index in [9.17, 15) is 0 Å². The van der Waals surface area contributed by atoms with Crippen LogP contribution in [0.4, 0.5) is 0 Å². The Labute approximate surface area is 82.0 Å². The maximum atomic E-state index is 4.19. The lowest BCUT2D eigenvalue weighted by Crippen LogP contribution is -2.13. The van der Waals surface area contributed by atoms with E-state index in [1.54, 1.807) is 6.33 Å². The summed E-state index contributed by atoms with van der Waals surface area (Å²) >= 11 is 0. The molecule has 0 amide bonds. The van der Waals surface area contributed by atoms with Crippen molar-refractivity contribution in [3.8, 4) is 0 Å². The Kier molecular flexibility index (Phi) is 2.60. The van der Waals surface area contributed by atoms with Crippen LogP contribution in [0, 0.1) is 6.92 Å². The Morgan fingerprint density at radius 2 is 2.36 bits per heavy atom. The van der Waals surface area contributed by atoms with Crippen LogP contribution in [-0.4, -0.2) is 20.2 Å². The minimum absolute atomic E-state index is 0.778. The summed E-state index contributed by atoms with van der Waals surface area (Å²) in [6, 6.07) is 0. The van der Waals surface area contributed by atoms with Gasteiger partial charge in [-0.25, -0.2) is 4.98 Å². The number of aromatic nitrogens is 4. The molecule has 2 aromatic rings. The first-order chi connectivity index (χ1) is 6.86. The van der Waals surface area contributed by atoms with Gasteiger partial charge < -0.3 is 10.3 Å². The maximum Gasteiger partial charge on any atom is 0.0925 e. The van der Waals surface area contributed by atoms with Crippen molar-refractivity contribution in [3.05, 3.63) is 35.7 Å². The van der Waals surface area contributed by atoms with Gasteiger partial charge >= 0.3 is 0 Å². The summed E-state index contributed by atoms with van der Waals surface area (Å²) in [5, 5.41) is 9.93. The van der Waals surface area contributed by atoms with Gasteiger partial charge in [0.2, 0.25) is 0 Å². The summed E-state index contributed by atoms with van der Waals surface area (Å²) in [7, 11) is 0. The van der Waals surface area contributed by atoms with Crippen molar-refractivity contribution in [3.63, 3.8) is 0 Å². The normalized spacial score (nSPS) is 10.6. The van der Waals surface area contributed by atoms with Crippen LogP contribution in [0.25, 0.3) is 0 Å². The van der Waals surface area contributed by atoms with Gasteiger partial charge in [-0.1, -0.05) is 0 Å². The highest BCUT2D eigenvalue weighted by Crippen LogP contribution is 2.00. The highest BCUT2D eigenvalue weighted by molar-refractivity contribution is 5.08. The Balaban J connectivity index is 1.81. The molecule has 0 saturated carbocycles. The van der Waals surface area contributed by atoms with Crippen molar-refractivity contribution in [2.24, 2.45) is 0 Å². The molecule has 0 saturated heterocycles. The number of H-pyrrole nitrogens is 2. The fourth-order valence-electron chi connectivity index (χ4n) is 1.26. The third-order valence-corrected chi connectivity index (χ3v) is 2.11. The molecule has 0 bridgehead atoms. The summed E-state index contributed by atoms with van der Waals surface area (Å²) in [6.07, 6.45) is 5.40. The summed E-state index contributed by atoms with van der Waals surface area (Å²) in [5.41, 5.74) is 3.33. The van der Waals surface area contributed by atoms with Gasteiger partial charge in [-0.05, 0) is 6.92 Å². The molecule has 0 fully saturated rings. The second kappa shape index (κ2) is 4.06. The molecule has 0 unspecified atom stereocenters. The van der Waals surface area contributed by atoms with Crippen molar-refractivity contribution in [2.75, 3.05) is 0 Å². The predicted molar refractivity (Wildman–Crippen MR) is 52.5 cm³/mol. The van der Waals surface area contributed by atoms with Crippen molar-refractivity contribution in [1.29, 1.82) is 0 Å². The number of hydrogen-bond donors (Lipinski definition) is 3. The minimum Gasteiger partial charge on any atom is -0.348 e. The van der Waals surface area contributed by atoms with Crippen molar-refractivity contribution < 1.29 is 0 Å². The second-order valence-electron chi connectivity index (χ2n) is 3.18. The monoisotopic (exact) mass is 191 g/mol. The Morgan fingerprint density at radius 3 is 3.00 bits per heavy atom. The second-order valence-corrected chi connectivity index (χ2v) is 3.18. The zero-order chi connectivity index (χ0) is 9.80. The van der Waals surface area contributed by atoms with Crippen molar-refractivity contribution >= 4 is 0 Å². The van der Waals surface area contributed by atoms with Crippen LogP contribution in [0.1, 0.15) is 17.0 Å². The molecule has 2 heterocycles. The SMILES string of the molecule is Cc1[nH]cnc1CNCc1cn[nH]c1. The molecule has 0 aliphatic rings. The molecular weight excluding hydrogens is 178 g/mol. The molecule has 0 spiro atoms. The molecule has 0 aromatic carbocycles. The number of aryl methyl sites for hydroxylation is 1. The van der Waals surface area contributed by atoms with E-state index in [0.717, 1.165) is 30.0 Å². The zero-order valence-electron chi connectivity index (χ0n) is 8.04. The number of imidazole rings is 1. The lowest BCUT2D eigenvalue weighted by Gasteiger charge is -2.00. The van der Waals surface area contributed by atoms with E-state index < -0.39 is 0 Å².